The van der Waals surface area contributed by atoms with Crippen LogP contribution >= 0.6 is 0 Å². The third kappa shape index (κ3) is 5.94. The minimum absolute atomic E-state index is 0.180. The Labute approximate surface area is 212 Å². The Morgan fingerprint density at radius 2 is 1.31 bits per heavy atom. The van der Waals surface area contributed by atoms with Gasteiger partial charge in [-0.2, -0.15) is 0 Å². The van der Waals surface area contributed by atoms with Gasteiger partial charge in [0.2, 0.25) is 0 Å². The summed E-state index contributed by atoms with van der Waals surface area (Å²) < 4.78 is 0. The molecule has 0 aromatic heterocycles. The van der Waals surface area contributed by atoms with Gasteiger partial charge in [-0.15, -0.1) is 0 Å². The van der Waals surface area contributed by atoms with Gasteiger partial charge in [0.25, 0.3) is 0 Å². The zero-order chi connectivity index (χ0) is 24.9. The van der Waals surface area contributed by atoms with Crippen LogP contribution in [-0.4, -0.2) is 29.6 Å². The van der Waals surface area contributed by atoms with Gasteiger partial charge < -0.3 is 10.0 Å². The molecule has 1 heterocycles. The smallest absolute Gasteiger partial charge is 0.117 e. The van der Waals surface area contributed by atoms with Crippen molar-refractivity contribution >= 4 is 5.57 Å². The maximum absolute atomic E-state index is 12.1. The van der Waals surface area contributed by atoms with E-state index in [1.807, 2.05) is 36.4 Å². The number of hydrogen-bond acceptors (Lipinski definition) is 2. The fourth-order valence-corrected chi connectivity index (χ4v) is 5.46. The lowest BCUT2D eigenvalue weighted by atomic mass is 9.72. The highest BCUT2D eigenvalue weighted by Crippen LogP contribution is 2.42. The Bertz CT molecular complexity index is 1030. The average molecular weight is 468 g/mol. The molecule has 35 heavy (non-hydrogen) atoms. The molecule has 0 bridgehead atoms. The minimum atomic E-state index is -0.942. The Morgan fingerprint density at radius 3 is 1.80 bits per heavy atom. The zero-order valence-electron chi connectivity index (χ0n) is 21.7. The summed E-state index contributed by atoms with van der Waals surface area (Å²) in [5, 5.41) is 12.1. The minimum Gasteiger partial charge on any atom is -0.380 e. The van der Waals surface area contributed by atoms with Crippen molar-refractivity contribution in [3.8, 4) is 0 Å². The van der Waals surface area contributed by atoms with E-state index in [0.29, 0.717) is 0 Å². The summed E-state index contributed by atoms with van der Waals surface area (Å²) >= 11 is 0. The van der Waals surface area contributed by atoms with Crippen LogP contribution in [0.25, 0.3) is 5.57 Å². The molecule has 0 saturated carbocycles. The highest BCUT2D eigenvalue weighted by atomic mass is 16.3. The molecular weight excluding hydrogens is 426 g/mol. The predicted molar refractivity (Wildman–Crippen MR) is 148 cm³/mol. The summed E-state index contributed by atoms with van der Waals surface area (Å²) in [6.45, 7) is 14.2. The molecule has 0 atom stereocenters. The van der Waals surface area contributed by atoms with E-state index in [4.69, 9.17) is 0 Å². The van der Waals surface area contributed by atoms with Crippen molar-refractivity contribution in [3.05, 3.63) is 114 Å². The summed E-state index contributed by atoms with van der Waals surface area (Å²) in [5.74, 6) is 0.208. The monoisotopic (exact) mass is 467 g/mol. The lowest BCUT2D eigenvalue weighted by molar-refractivity contribution is -0.0142. The summed E-state index contributed by atoms with van der Waals surface area (Å²) in [6, 6.07) is 29.4. The van der Waals surface area contributed by atoms with E-state index in [-0.39, 0.29) is 11.3 Å². The molecule has 3 aromatic carbocycles. The Kier molecular flexibility index (Phi) is 7.94. The van der Waals surface area contributed by atoms with Gasteiger partial charge in [0.15, 0.2) is 0 Å². The first-order chi connectivity index (χ1) is 16.8. The quantitative estimate of drug-likeness (QED) is 0.372. The van der Waals surface area contributed by atoms with Crippen LogP contribution in [0.3, 0.4) is 0 Å². The molecule has 4 rings (SSSR count). The van der Waals surface area contributed by atoms with E-state index in [1.165, 1.54) is 16.7 Å². The van der Waals surface area contributed by atoms with Gasteiger partial charge >= 0.3 is 0 Å². The lowest BCUT2D eigenvalue weighted by Crippen LogP contribution is -2.44. The van der Waals surface area contributed by atoms with Gasteiger partial charge in [0, 0.05) is 0 Å². The molecule has 2 nitrogen and oxygen atoms in total. The second-order valence-electron chi connectivity index (χ2n) is 11.1. The number of aliphatic hydroxyl groups is 1. The molecule has 1 saturated heterocycles. The van der Waals surface area contributed by atoms with Crippen molar-refractivity contribution < 1.29 is 5.11 Å². The van der Waals surface area contributed by atoms with Crippen molar-refractivity contribution in [2.45, 2.75) is 57.5 Å². The molecule has 1 N–H and O–H groups in total. The van der Waals surface area contributed by atoms with Crippen LogP contribution < -0.4 is 0 Å². The van der Waals surface area contributed by atoms with Crippen LogP contribution in [0, 0.1) is 5.92 Å². The maximum Gasteiger partial charge on any atom is 0.117 e. The number of rotatable bonds is 8. The number of piperidine rings is 1. The normalized spacial score (nSPS) is 15.8. The average Bonchev–Trinajstić information content (AvgIpc) is 2.89. The largest absolute Gasteiger partial charge is 0.380 e. The number of benzene rings is 3. The first-order valence-electron chi connectivity index (χ1n) is 13.1. The van der Waals surface area contributed by atoms with Crippen molar-refractivity contribution in [3.63, 3.8) is 0 Å². The third-order valence-electron chi connectivity index (χ3n) is 7.72. The second kappa shape index (κ2) is 10.9. The summed E-state index contributed by atoms with van der Waals surface area (Å²) in [4.78, 5) is 2.56. The van der Waals surface area contributed by atoms with Crippen LogP contribution in [0.1, 0.15) is 68.7 Å². The Hall–Kier alpha value is -2.68. The molecule has 0 spiro atoms. The van der Waals surface area contributed by atoms with Crippen molar-refractivity contribution in [1.29, 1.82) is 0 Å². The molecule has 0 unspecified atom stereocenters. The van der Waals surface area contributed by atoms with Gasteiger partial charge in [-0.05, 0) is 84.5 Å². The van der Waals surface area contributed by atoms with Gasteiger partial charge in [0.1, 0.15) is 5.60 Å². The summed E-state index contributed by atoms with van der Waals surface area (Å²) in [7, 11) is 0. The number of nitrogens with zero attached hydrogens (tertiary/aromatic N) is 1. The predicted octanol–water partition coefficient (Wildman–Crippen LogP) is 7.43. The number of likely N-dealkylation sites (tertiary alicyclic amines) is 1. The molecule has 184 valence electrons. The Balaban J connectivity index is 1.32. The SMILES string of the molecule is C=C(CCCN1CCC(C(O)(c2ccccc2)c2ccccc2)CC1)c1ccc(C(C)(C)C)cc1. The molecule has 2 heteroatoms. The number of hydrogen-bond donors (Lipinski definition) is 1. The van der Waals surface area contributed by atoms with Crippen molar-refractivity contribution in [2.24, 2.45) is 5.92 Å². The fourth-order valence-electron chi connectivity index (χ4n) is 5.46. The summed E-state index contributed by atoms with van der Waals surface area (Å²) in [6.07, 6.45) is 4.13. The maximum atomic E-state index is 12.1. The van der Waals surface area contributed by atoms with E-state index in [0.717, 1.165) is 56.4 Å². The zero-order valence-corrected chi connectivity index (χ0v) is 21.7. The molecule has 0 aliphatic carbocycles. The van der Waals surface area contributed by atoms with E-state index in [2.05, 4.69) is 80.8 Å². The molecule has 0 radical (unpaired) electrons. The van der Waals surface area contributed by atoms with E-state index < -0.39 is 5.60 Å². The van der Waals surface area contributed by atoms with Gasteiger partial charge in [-0.1, -0.05) is 112 Å². The van der Waals surface area contributed by atoms with Crippen molar-refractivity contribution in [2.75, 3.05) is 19.6 Å². The Morgan fingerprint density at radius 1 is 0.800 bits per heavy atom. The molecule has 1 aliphatic rings. The topological polar surface area (TPSA) is 23.5 Å². The molecule has 3 aromatic rings. The third-order valence-corrected chi connectivity index (χ3v) is 7.72. The first kappa shape index (κ1) is 25.4. The molecule has 1 aliphatic heterocycles. The second-order valence-corrected chi connectivity index (χ2v) is 11.1. The first-order valence-corrected chi connectivity index (χ1v) is 13.1. The van der Waals surface area contributed by atoms with Gasteiger partial charge in [0.05, 0.1) is 0 Å². The van der Waals surface area contributed by atoms with E-state index in [1.54, 1.807) is 0 Å². The molecular formula is C33H41NO. The van der Waals surface area contributed by atoms with Crippen LogP contribution in [0.2, 0.25) is 0 Å². The van der Waals surface area contributed by atoms with Crippen LogP contribution in [-0.2, 0) is 11.0 Å². The summed E-state index contributed by atoms with van der Waals surface area (Å²) in [5.41, 5.74) is 5.08. The van der Waals surface area contributed by atoms with Crippen LogP contribution in [0.4, 0.5) is 0 Å². The van der Waals surface area contributed by atoms with Crippen molar-refractivity contribution in [1.82, 2.24) is 4.90 Å². The van der Waals surface area contributed by atoms with Crippen LogP contribution in [0.15, 0.2) is 91.5 Å². The highest BCUT2D eigenvalue weighted by Gasteiger charge is 2.41. The molecule has 1 fully saturated rings. The standard InChI is InChI=1S/C33H41NO/c1-26(27-17-19-28(20-18-27)32(2,3)4)12-11-23-34-24-21-31(22-25-34)33(35,29-13-7-5-8-14-29)30-15-9-6-10-16-30/h5-10,13-20,31,35H,1,11-12,21-25H2,2-4H3. The van der Waals surface area contributed by atoms with E-state index >= 15 is 0 Å². The fraction of sp³-hybridized carbons (Fsp3) is 0.394. The van der Waals surface area contributed by atoms with E-state index in [9.17, 15) is 5.11 Å². The highest BCUT2D eigenvalue weighted by molar-refractivity contribution is 5.63. The molecule has 0 amide bonds. The van der Waals surface area contributed by atoms with Crippen LogP contribution in [0.5, 0.6) is 0 Å². The number of allylic oxidation sites excluding steroid dienone is 1. The van der Waals surface area contributed by atoms with Gasteiger partial charge in [-0.3, -0.25) is 0 Å². The van der Waals surface area contributed by atoms with Gasteiger partial charge in [-0.25, -0.2) is 0 Å². The lowest BCUT2D eigenvalue weighted by Gasteiger charge is -2.42.